The van der Waals surface area contributed by atoms with Crippen molar-refractivity contribution in [3.05, 3.63) is 39.4 Å². The number of ether oxygens (including phenoxy) is 1. The molecule has 0 bridgehead atoms. The van der Waals surface area contributed by atoms with E-state index in [9.17, 15) is 4.79 Å². The quantitative estimate of drug-likeness (QED) is 0.863. The van der Waals surface area contributed by atoms with E-state index in [4.69, 9.17) is 4.74 Å². The summed E-state index contributed by atoms with van der Waals surface area (Å²) in [5, 5.41) is 2.93. The smallest absolute Gasteiger partial charge is 0.246 e. The Labute approximate surface area is 122 Å². The first-order valence-corrected chi connectivity index (χ1v) is 7.30. The van der Waals surface area contributed by atoms with Crippen LogP contribution in [0.25, 0.3) is 0 Å². The third-order valence-electron chi connectivity index (χ3n) is 3.13. The summed E-state index contributed by atoms with van der Waals surface area (Å²) in [5.74, 6) is 0.911. The molecule has 0 fully saturated rings. The molecule has 19 heavy (non-hydrogen) atoms. The summed E-state index contributed by atoms with van der Waals surface area (Å²) < 4.78 is 6.67. The SMILES string of the molecule is CC/C=C(/C)C(=O)NCc1cc(Br)cc2c1OCC2. The average molecular weight is 324 g/mol. The number of rotatable bonds is 4. The van der Waals surface area contributed by atoms with Gasteiger partial charge in [-0.3, -0.25) is 4.79 Å². The molecular formula is C15H18BrNO2. The molecule has 0 saturated carbocycles. The molecule has 1 aromatic rings. The number of hydrogen-bond acceptors (Lipinski definition) is 2. The van der Waals surface area contributed by atoms with Crippen molar-refractivity contribution in [3.8, 4) is 5.75 Å². The second kappa shape index (κ2) is 6.24. The number of nitrogens with one attached hydrogen (secondary N) is 1. The first-order valence-electron chi connectivity index (χ1n) is 6.51. The van der Waals surface area contributed by atoms with E-state index in [1.54, 1.807) is 0 Å². The Kier molecular flexibility index (Phi) is 4.64. The highest BCUT2D eigenvalue weighted by atomic mass is 79.9. The van der Waals surface area contributed by atoms with Gasteiger partial charge in [0.2, 0.25) is 5.91 Å². The van der Waals surface area contributed by atoms with Crippen molar-refractivity contribution in [3.63, 3.8) is 0 Å². The molecular weight excluding hydrogens is 306 g/mol. The zero-order valence-corrected chi connectivity index (χ0v) is 12.8. The van der Waals surface area contributed by atoms with Crippen LogP contribution in [0.5, 0.6) is 5.75 Å². The molecule has 3 nitrogen and oxygen atoms in total. The molecule has 1 N–H and O–H groups in total. The van der Waals surface area contributed by atoms with Crippen LogP contribution in [-0.4, -0.2) is 12.5 Å². The van der Waals surface area contributed by atoms with E-state index in [1.807, 2.05) is 26.0 Å². The molecule has 102 valence electrons. The zero-order chi connectivity index (χ0) is 13.8. The molecule has 1 amide bonds. The minimum Gasteiger partial charge on any atom is -0.493 e. The van der Waals surface area contributed by atoms with Crippen molar-refractivity contribution < 1.29 is 9.53 Å². The maximum absolute atomic E-state index is 11.9. The van der Waals surface area contributed by atoms with Gasteiger partial charge in [-0.15, -0.1) is 0 Å². The van der Waals surface area contributed by atoms with Crippen LogP contribution in [0, 0.1) is 0 Å². The van der Waals surface area contributed by atoms with Gasteiger partial charge in [0, 0.05) is 28.6 Å². The lowest BCUT2D eigenvalue weighted by Crippen LogP contribution is -2.23. The minimum atomic E-state index is -0.0198. The minimum absolute atomic E-state index is 0.0198. The fourth-order valence-corrected chi connectivity index (χ4v) is 2.74. The number of hydrogen-bond donors (Lipinski definition) is 1. The Morgan fingerprint density at radius 1 is 1.53 bits per heavy atom. The molecule has 1 aliphatic rings. The molecule has 2 rings (SSSR count). The molecule has 4 heteroatoms. The van der Waals surface area contributed by atoms with Crippen molar-refractivity contribution in [1.82, 2.24) is 5.32 Å². The maximum Gasteiger partial charge on any atom is 0.246 e. The number of halogens is 1. The van der Waals surface area contributed by atoms with E-state index in [0.717, 1.165) is 40.8 Å². The van der Waals surface area contributed by atoms with E-state index in [1.165, 1.54) is 5.56 Å². The third kappa shape index (κ3) is 3.38. The third-order valence-corrected chi connectivity index (χ3v) is 3.59. The topological polar surface area (TPSA) is 38.3 Å². The molecule has 1 aliphatic heterocycles. The summed E-state index contributed by atoms with van der Waals surface area (Å²) >= 11 is 3.50. The van der Waals surface area contributed by atoms with Crippen molar-refractivity contribution in [2.24, 2.45) is 0 Å². The first-order chi connectivity index (χ1) is 9.11. The summed E-state index contributed by atoms with van der Waals surface area (Å²) in [6.07, 6.45) is 3.73. The number of fused-ring (bicyclic) bond motifs is 1. The Morgan fingerprint density at radius 2 is 2.32 bits per heavy atom. The zero-order valence-electron chi connectivity index (χ0n) is 11.3. The molecule has 1 heterocycles. The number of amides is 1. The van der Waals surface area contributed by atoms with E-state index < -0.39 is 0 Å². The fraction of sp³-hybridized carbons (Fsp3) is 0.400. The molecule has 0 radical (unpaired) electrons. The fourth-order valence-electron chi connectivity index (χ4n) is 2.19. The van der Waals surface area contributed by atoms with Crippen molar-refractivity contribution in [2.75, 3.05) is 6.61 Å². The summed E-state index contributed by atoms with van der Waals surface area (Å²) in [4.78, 5) is 11.9. The van der Waals surface area contributed by atoms with E-state index in [2.05, 4.69) is 27.3 Å². The van der Waals surface area contributed by atoms with Crippen LogP contribution in [0.15, 0.2) is 28.3 Å². The number of carbonyl (C=O) groups excluding carboxylic acids is 1. The summed E-state index contributed by atoms with van der Waals surface area (Å²) in [6, 6.07) is 4.08. The van der Waals surface area contributed by atoms with Gasteiger partial charge in [0.25, 0.3) is 0 Å². The van der Waals surface area contributed by atoms with Gasteiger partial charge >= 0.3 is 0 Å². The van der Waals surface area contributed by atoms with Crippen LogP contribution in [0.3, 0.4) is 0 Å². The number of benzene rings is 1. The molecule has 0 saturated heterocycles. The molecule has 1 aromatic carbocycles. The standard InChI is InChI=1S/C15H18BrNO2/c1-3-4-10(2)15(18)17-9-12-8-13(16)7-11-5-6-19-14(11)12/h4,7-8H,3,5-6,9H2,1-2H3,(H,17,18)/b10-4-. The van der Waals surface area contributed by atoms with Crippen molar-refractivity contribution in [1.29, 1.82) is 0 Å². The van der Waals surface area contributed by atoms with Crippen molar-refractivity contribution >= 4 is 21.8 Å². The second-order valence-electron chi connectivity index (χ2n) is 4.63. The van der Waals surface area contributed by atoms with Crippen molar-refractivity contribution in [2.45, 2.75) is 33.2 Å². The van der Waals surface area contributed by atoms with Gasteiger partial charge in [0.05, 0.1) is 6.61 Å². The summed E-state index contributed by atoms with van der Waals surface area (Å²) in [7, 11) is 0. The van der Waals surface area contributed by atoms with E-state index in [0.29, 0.717) is 6.54 Å². The lowest BCUT2D eigenvalue weighted by atomic mass is 10.1. The van der Waals surface area contributed by atoms with Crippen LogP contribution in [-0.2, 0) is 17.8 Å². The van der Waals surface area contributed by atoms with Gasteiger partial charge in [0.15, 0.2) is 0 Å². The molecule has 0 atom stereocenters. The Hall–Kier alpha value is -1.29. The molecule has 0 aromatic heterocycles. The second-order valence-corrected chi connectivity index (χ2v) is 5.55. The summed E-state index contributed by atoms with van der Waals surface area (Å²) in [5.41, 5.74) is 2.99. The maximum atomic E-state index is 11.9. The van der Waals surface area contributed by atoms with Crippen LogP contribution < -0.4 is 10.1 Å². The highest BCUT2D eigenvalue weighted by molar-refractivity contribution is 9.10. The highest BCUT2D eigenvalue weighted by Gasteiger charge is 2.17. The number of allylic oxidation sites excluding steroid dienone is 1. The van der Waals surface area contributed by atoms with E-state index in [-0.39, 0.29) is 5.91 Å². The predicted molar refractivity (Wildman–Crippen MR) is 79.2 cm³/mol. The Morgan fingerprint density at radius 3 is 3.05 bits per heavy atom. The Bertz CT molecular complexity index is 523. The van der Waals surface area contributed by atoms with Gasteiger partial charge in [-0.25, -0.2) is 0 Å². The van der Waals surface area contributed by atoms with Gasteiger partial charge < -0.3 is 10.1 Å². The largest absolute Gasteiger partial charge is 0.493 e. The van der Waals surface area contributed by atoms with Gasteiger partial charge in [-0.2, -0.15) is 0 Å². The van der Waals surface area contributed by atoms with Crippen LogP contribution >= 0.6 is 15.9 Å². The van der Waals surface area contributed by atoms with E-state index >= 15 is 0 Å². The monoisotopic (exact) mass is 323 g/mol. The lowest BCUT2D eigenvalue weighted by Gasteiger charge is -2.10. The molecule has 0 aliphatic carbocycles. The molecule has 0 spiro atoms. The lowest BCUT2D eigenvalue weighted by molar-refractivity contribution is -0.117. The van der Waals surface area contributed by atoms with Crippen LogP contribution in [0.4, 0.5) is 0 Å². The summed E-state index contributed by atoms with van der Waals surface area (Å²) in [6.45, 7) is 5.07. The Balaban J connectivity index is 2.08. The number of carbonyl (C=O) groups is 1. The van der Waals surface area contributed by atoms with Gasteiger partial charge in [-0.1, -0.05) is 28.9 Å². The molecule has 0 unspecified atom stereocenters. The van der Waals surface area contributed by atoms with Crippen LogP contribution in [0.1, 0.15) is 31.4 Å². The van der Waals surface area contributed by atoms with Gasteiger partial charge in [-0.05, 0) is 31.0 Å². The van der Waals surface area contributed by atoms with Crippen LogP contribution in [0.2, 0.25) is 0 Å². The predicted octanol–water partition coefficient (Wildman–Crippen LogP) is 3.36. The first kappa shape index (κ1) is 14.1. The normalized spacial score (nSPS) is 13.9. The highest BCUT2D eigenvalue weighted by Crippen LogP contribution is 2.32. The van der Waals surface area contributed by atoms with Gasteiger partial charge in [0.1, 0.15) is 5.75 Å². The average Bonchev–Trinajstić information content (AvgIpc) is 2.83.